The fourth-order valence-electron chi connectivity index (χ4n) is 2.78. The number of allylic oxidation sites excluding steroid dienone is 1. The van der Waals surface area contributed by atoms with Gasteiger partial charge >= 0.3 is 0 Å². The summed E-state index contributed by atoms with van der Waals surface area (Å²) in [6.07, 6.45) is 9.30. The molecule has 0 aliphatic carbocycles. The van der Waals surface area contributed by atoms with E-state index >= 15 is 0 Å². The van der Waals surface area contributed by atoms with Gasteiger partial charge in [-0.05, 0) is 43.7 Å². The van der Waals surface area contributed by atoms with Crippen LogP contribution in [0.5, 0.6) is 0 Å². The lowest BCUT2D eigenvalue weighted by atomic mass is 9.99. The highest BCUT2D eigenvalue weighted by molar-refractivity contribution is 6.38. The molecule has 1 unspecified atom stereocenters. The van der Waals surface area contributed by atoms with Crippen LogP contribution in [0, 0.1) is 0 Å². The number of fused-ring (bicyclic) bond motifs is 1. The zero-order valence-corrected chi connectivity index (χ0v) is 13.5. The van der Waals surface area contributed by atoms with E-state index in [4.69, 9.17) is 0 Å². The van der Waals surface area contributed by atoms with Gasteiger partial charge in [-0.1, -0.05) is 36.8 Å². The lowest BCUT2D eigenvalue weighted by molar-refractivity contribution is -0.136. The van der Waals surface area contributed by atoms with Crippen molar-refractivity contribution in [3.05, 3.63) is 47.5 Å². The van der Waals surface area contributed by atoms with Gasteiger partial charge in [-0.2, -0.15) is 0 Å². The first-order valence-corrected chi connectivity index (χ1v) is 8.18. The van der Waals surface area contributed by atoms with Crippen LogP contribution in [0.3, 0.4) is 0 Å². The molecule has 1 aliphatic rings. The Bertz CT molecular complexity index is 619. The van der Waals surface area contributed by atoms with Crippen molar-refractivity contribution in [3.63, 3.8) is 0 Å². The Morgan fingerprint density at radius 2 is 1.87 bits per heavy atom. The van der Waals surface area contributed by atoms with Gasteiger partial charge in [-0.3, -0.25) is 14.4 Å². The van der Waals surface area contributed by atoms with Gasteiger partial charge in [-0.25, -0.2) is 0 Å². The van der Waals surface area contributed by atoms with Crippen LogP contribution in [0.4, 0.5) is 0 Å². The molecule has 0 radical (unpaired) electrons. The first-order chi connectivity index (χ1) is 11.1. The van der Waals surface area contributed by atoms with E-state index in [0.29, 0.717) is 12.0 Å². The van der Waals surface area contributed by atoms with Crippen molar-refractivity contribution in [2.24, 2.45) is 0 Å². The molecule has 4 heteroatoms. The Morgan fingerprint density at radius 1 is 1.09 bits per heavy atom. The van der Waals surface area contributed by atoms with Crippen LogP contribution in [0.25, 0.3) is 0 Å². The number of rotatable bonds is 2. The van der Waals surface area contributed by atoms with Gasteiger partial charge in [0.15, 0.2) is 5.78 Å². The highest BCUT2D eigenvalue weighted by atomic mass is 16.2. The third-order valence-electron chi connectivity index (χ3n) is 4.09. The number of carbonyl (C=O) groups excluding carboxylic acids is 3. The number of hydrogen-bond acceptors (Lipinski definition) is 3. The molecular formula is C19H23NO3. The number of aryl methyl sites for hydroxylation is 1. The molecule has 122 valence electrons. The molecule has 0 fully saturated rings. The fraction of sp³-hybridized carbons (Fsp3) is 0.421. The monoisotopic (exact) mass is 313 g/mol. The Balaban J connectivity index is 2.27. The van der Waals surface area contributed by atoms with Crippen LogP contribution in [0.15, 0.2) is 36.4 Å². The van der Waals surface area contributed by atoms with Crippen molar-refractivity contribution in [1.29, 1.82) is 0 Å². The summed E-state index contributed by atoms with van der Waals surface area (Å²) >= 11 is 0. The maximum Gasteiger partial charge on any atom is 0.252 e. The molecule has 1 heterocycles. The zero-order valence-electron chi connectivity index (χ0n) is 13.5. The molecule has 0 saturated carbocycles. The van der Waals surface area contributed by atoms with Crippen molar-refractivity contribution >= 4 is 17.5 Å². The second kappa shape index (κ2) is 8.42. The Morgan fingerprint density at radius 3 is 2.65 bits per heavy atom. The number of carbonyl (C=O) groups is 3. The lowest BCUT2D eigenvalue weighted by Crippen LogP contribution is -2.43. The van der Waals surface area contributed by atoms with Crippen molar-refractivity contribution in [3.8, 4) is 0 Å². The second-order valence-corrected chi connectivity index (χ2v) is 5.91. The maximum absolute atomic E-state index is 12.5. The number of benzene rings is 1. The first kappa shape index (κ1) is 17.1. The van der Waals surface area contributed by atoms with Gasteiger partial charge in [0.2, 0.25) is 5.78 Å². The largest absolute Gasteiger partial charge is 0.341 e. The summed E-state index contributed by atoms with van der Waals surface area (Å²) in [7, 11) is 0. The van der Waals surface area contributed by atoms with Gasteiger partial charge in [0.05, 0.1) is 6.04 Å². The van der Waals surface area contributed by atoms with E-state index in [2.05, 4.69) is 5.32 Å². The molecule has 1 atom stereocenters. The van der Waals surface area contributed by atoms with E-state index in [1.54, 1.807) is 6.07 Å². The summed E-state index contributed by atoms with van der Waals surface area (Å²) in [5.74, 6) is -1.36. The summed E-state index contributed by atoms with van der Waals surface area (Å²) in [5, 5.41) is 2.73. The number of hydrogen-bond donors (Lipinski definition) is 1. The predicted octanol–water partition coefficient (Wildman–Crippen LogP) is 3.01. The zero-order chi connectivity index (χ0) is 16.7. The average molecular weight is 313 g/mol. The van der Waals surface area contributed by atoms with E-state index in [0.717, 1.165) is 37.7 Å². The van der Waals surface area contributed by atoms with Gasteiger partial charge < -0.3 is 5.32 Å². The number of nitrogens with one attached hydrogen (secondary N) is 1. The molecule has 0 aromatic heterocycles. The van der Waals surface area contributed by atoms with E-state index in [-0.39, 0.29) is 5.91 Å². The molecule has 4 nitrogen and oxygen atoms in total. The van der Waals surface area contributed by atoms with Crippen LogP contribution < -0.4 is 5.32 Å². The fourth-order valence-corrected chi connectivity index (χ4v) is 2.78. The Hall–Kier alpha value is -2.23. The highest BCUT2D eigenvalue weighted by Crippen LogP contribution is 2.15. The summed E-state index contributed by atoms with van der Waals surface area (Å²) in [6.45, 7) is 1.24. The molecule has 0 saturated heterocycles. The Kier molecular flexibility index (Phi) is 6.27. The number of ketones is 2. The third kappa shape index (κ3) is 4.88. The average Bonchev–Trinajstić information content (AvgIpc) is 2.56. The molecule has 1 N–H and O–H groups in total. The molecule has 1 amide bonds. The summed E-state index contributed by atoms with van der Waals surface area (Å²) in [4.78, 5) is 36.0. The second-order valence-electron chi connectivity index (χ2n) is 5.91. The molecular weight excluding hydrogens is 290 g/mol. The van der Waals surface area contributed by atoms with Gasteiger partial charge in [0, 0.05) is 12.5 Å². The molecule has 23 heavy (non-hydrogen) atoms. The number of amides is 1. The first-order valence-electron chi connectivity index (χ1n) is 8.18. The SMILES string of the molecule is CC(=O)C(=O)C1C/C=C\CCCCCc2ccccc2C(=O)N1. The lowest BCUT2D eigenvalue weighted by Gasteiger charge is -2.16. The van der Waals surface area contributed by atoms with Crippen molar-refractivity contribution in [2.45, 2.75) is 51.5 Å². The molecule has 1 aliphatic heterocycles. The molecule has 0 spiro atoms. The molecule has 1 aromatic rings. The summed E-state index contributed by atoms with van der Waals surface area (Å²) < 4.78 is 0. The molecule has 0 bridgehead atoms. The van der Waals surface area contributed by atoms with Crippen LogP contribution >= 0.6 is 0 Å². The van der Waals surface area contributed by atoms with Crippen LogP contribution in [-0.4, -0.2) is 23.5 Å². The number of Topliss-reactive ketones (excluding diaryl/α,β-unsaturated/α-hetero) is 2. The highest BCUT2D eigenvalue weighted by Gasteiger charge is 2.24. The van der Waals surface area contributed by atoms with Gasteiger partial charge in [0.25, 0.3) is 5.91 Å². The van der Waals surface area contributed by atoms with Crippen molar-refractivity contribution in [2.75, 3.05) is 0 Å². The van der Waals surface area contributed by atoms with E-state index < -0.39 is 17.6 Å². The summed E-state index contributed by atoms with van der Waals surface area (Å²) in [5.41, 5.74) is 1.59. The van der Waals surface area contributed by atoms with Crippen LogP contribution in [0.1, 0.15) is 54.9 Å². The normalized spacial score (nSPS) is 20.9. The molecule has 1 aromatic carbocycles. The minimum atomic E-state index is -0.787. The quantitative estimate of drug-likeness (QED) is 0.674. The Labute approximate surface area is 137 Å². The topological polar surface area (TPSA) is 63.2 Å². The maximum atomic E-state index is 12.5. The minimum absolute atomic E-state index is 0.284. The van der Waals surface area contributed by atoms with E-state index in [9.17, 15) is 14.4 Å². The van der Waals surface area contributed by atoms with Crippen molar-refractivity contribution < 1.29 is 14.4 Å². The van der Waals surface area contributed by atoms with Crippen molar-refractivity contribution in [1.82, 2.24) is 5.32 Å². The third-order valence-corrected chi connectivity index (χ3v) is 4.09. The predicted molar refractivity (Wildman–Crippen MR) is 89.3 cm³/mol. The van der Waals surface area contributed by atoms with Gasteiger partial charge in [-0.15, -0.1) is 0 Å². The minimum Gasteiger partial charge on any atom is -0.341 e. The standard InChI is InChI=1S/C19H23NO3/c1-14(21)18(22)17-13-7-5-3-2-4-6-10-15-11-8-9-12-16(15)19(23)20-17/h5,7-9,11-12,17H,2-4,6,10,13H2,1H3,(H,20,23)/b7-5-. The van der Waals surface area contributed by atoms with Crippen LogP contribution in [0.2, 0.25) is 0 Å². The van der Waals surface area contributed by atoms with Crippen LogP contribution in [-0.2, 0) is 16.0 Å². The van der Waals surface area contributed by atoms with E-state index in [1.165, 1.54) is 6.92 Å². The van der Waals surface area contributed by atoms with E-state index in [1.807, 2.05) is 30.4 Å². The molecule has 2 rings (SSSR count). The van der Waals surface area contributed by atoms with Gasteiger partial charge in [0.1, 0.15) is 0 Å². The summed E-state index contributed by atoms with van der Waals surface area (Å²) in [6, 6.07) is 6.68. The smallest absolute Gasteiger partial charge is 0.252 e.